The molecule has 0 aliphatic heterocycles. The summed E-state index contributed by atoms with van der Waals surface area (Å²) in [4.78, 5) is 27.3. The molecule has 196 valence electrons. The van der Waals surface area contributed by atoms with Gasteiger partial charge in [-0.2, -0.15) is 0 Å². The number of amides is 2. The molecule has 0 aliphatic rings. The highest BCUT2D eigenvalue weighted by Gasteiger charge is 2.32. The molecule has 0 spiro atoms. The summed E-state index contributed by atoms with van der Waals surface area (Å²) in [6, 6.07) is 17.2. The first kappa shape index (κ1) is 27.7. The number of likely N-dealkylation sites (N-methyl/N-ethyl adjacent to an activating group) is 1. The Hall–Kier alpha value is -3.92. The van der Waals surface area contributed by atoms with Crippen molar-refractivity contribution >= 4 is 27.5 Å². The molecule has 0 fully saturated rings. The van der Waals surface area contributed by atoms with Crippen LogP contribution in [0.3, 0.4) is 0 Å². The quantitative estimate of drug-likeness (QED) is 0.436. The van der Waals surface area contributed by atoms with Crippen molar-refractivity contribution in [1.29, 1.82) is 0 Å². The molecule has 37 heavy (non-hydrogen) atoms. The van der Waals surface area contributed by atoms with E-state index in [9.17, 15) is 22.4 Å². The highest BCUT2D eigenvalue weighted by atomic mass is 32.2. The number of methoxy groups -OCH3 is 1. The maximum Gasteiger partial charge on any atom is 0.264 e. The molecule has 0 aliphatic carbocycles. The van der Waals surface area contributed by atoms with Crippen LogP contribution in [0, 0.1) is 12.7 Å². The van der Waals surface area contributed by atoms with Crippen LogP contribution in [0.25, 0.3) is 0 Å². The van der Waals surface area contributed by atoms with Gasteiger partial charge in [-0.05, 0) is 67.9 Å². The molecule has 10 heteroatoms. The van der Waals surface area contributed by atoms with Crippen LogP contribution in [-0.2, 0) is 26.2 Å². The standard InChI is InChI=1S/C27H30FN3O5S/c1-19-5-11-23(12-6-19)31(37(34,35)25-15-9-22(28)10-16-25)18-26(32)30(20(2)27(33)29-3)17-21-7-13-24(36-4)14-8-21/h5-16,20H,17-18H2,1-4H3,(H,29,33)/t20-/m1/s1. The van der Waals surface area contributed by atoms with Gasteiger partial charge in [0, 0.05) is 13.6 Å². The van der Waals surface area contributed by atoms with E-state index in [2.05, 4.69) is 5.32 Å². The Kier molecular flexibility index (Phi) is 8.88. The van der Waals surface area contributed by atoms with Gasteiger partial charge in [0.25, 0.3) is 10.0 Å². The molecule has 3 aromatic rings. The molecule has 0 aromatic heterocycles. The summed E-state index contributed by atoms with van der Waals surface area (Å²) in [5, 5.41) is 2.54. The molecule has 3 rings (SSSR count). The summed E-state index contributed by atoms with van der Waals surface area (Å²) in [5.41, 5.74) is 1.90. The first-order valence-electron chi connectivity index (χ1n) is 11.6. The zero-order valence-corrected chi connectivity index (χ0v) is 22.0. The minimum atomic E-state index is -4.24. The van der Waals surface area contributed by atoms with E-state index < -0.39 is 40.2 Å². The third-order valence-corrected chi connectivity index (χ3v) is 7.72. The molecule has 0 heterocycles. The Morgan fingerprint density at radius 3 is 2.11 bits per heavy atom. The van der Waals surface area contributed by atoms with Crippen LogP contribution < -0.4 is 14.4 Å². The molecule has 0 saturated heterocycles. The number of ether oxygens (including phenoxy) is 1. The van der Waals surface area contributed by atoms with E-state index in [1.54, 1.807) is 62.6 Å². The molecular formula is C27H30FN3O5S. The molecule has 0 saturated carbocycles. The van der Waals surface area contributed by atoms with E-state index in [4.69, 9.17) is 4.74 Å². The van der Waals surface area contributed by atoms with Crippen molar-refractivity contribution in [3.8, 4) is 5.75 Å². The Balaban J connectivity index is 2.00. The fourth-order valence-corrected chi connectivity index (χ4v) is 5.11. The second-order valence-corrected chi connectivity index (χ2v) is 10.3. The number of aryl methyl sites for hydroxylation is 1. The van der Waals surface area contributed by atoms with Crippen molar-refractivity contribution in [2.24, 2.45) is 0 Å². The van der Waals surface area contributed by atoms with E-state index in [1.807, 2.05) is 6.92 Å². The van der Waals surface area contributed by atoms with E-state index in [1.165, 1.54) is 11.9 Å². The SMILES string of the molecule is CNC(=O)[C@@H](C)N(Cc1ccc(OC)cc1)C(=O)CN(c1ccc(C)cc1)S(=O)(=O)c1ccc(F)cc1. The Bertz CT molecular complexity index is 1330. The molecule has 1 N–H and O–H groups in total. The number of benzene rings is 3. The molecule has 0 unspecified atom stereocenters. The van der Waals surface area contributed by atoms with Crippen LogP contribution in [0.4, 0.5) is 10.1 Å². The first-order valence-corrected chi connectivity index (χ1v) is 13.0. The highest BCUT2D eigenvalue weighted by Crippen LogP contribution is 2.25. The zero-order chi connectivity index (χ0) is 27.2. The molecule has 2 amide bonds. The number of sulfonamides is 1. The summed E-state index contributed by atoms with van der Waals surface area (Å²) in [5.74, 6) is -0.929. The molecule has 1 atom stereocenters. The monoisotopic (exact) mass is 527 g/mol. The number of halogens is 1. The number of carbonyl (C=O) groups excluding carboxylic acids is 2. The lowest BCUT2D eigenvalue weighted by Gasteiger charge is -2.31. The number of nitrogens with one attached hydrogen (secondary N) is 1. The average Bonchev–Trinajstić information content (AvgIpc) is 2.90. The predicted octanol–water partition coefficient (Wildman–Crippen LogP) is 3.50. The number of hydrogen-bond donors (Lipinski definition) is 1. The van der Waals surface area contributed by atoms with Gasteiger partial charge in [-0.25, -0.2) is 12.8 Å². The van der Waals surface area contributed by atoms with Crippen LogP contribution in [0.1, 0.15) is 18.1 Å². The number of nitrogens with zero attached hydrogens (tertiary/aromatic N) is 2. The van der Waals surface area contributed by atoms with Crippen LogP contribution >= 0.6 is 0 Å². The van der Waals surface area contributed by atoms with Gasteiger partial charge < -0.3 is 15.0 Å². The topological polar surface area (TPSA) is 96.0 Å². The molecule has 3 aromatic carbocycles. The van der Waals surface area contributed by atoms with Crippen LogP contribution in [0.5, 0.6) is 5.75 Å². The van der Waals surface area contributed by atoms with Crippen molar-refractivity contribution in [3.05, 3.63) is 89.7 Å². The molecule has 0 bridgehead atoms. The van der Waals surface area contributed by atoms with Gasteiger partial charge in [-0.1, -0.05) is 29.8 Å². The van der Waals surface area contributed by atoms with Gasteiger partial charge >= 0.3 is 0 Å². The Labute approximate surface area is 216 Å². The van der Waals surface area contributed by atoms with E-state index in [0.29, 0.717) is 5.75 Å². The lowest BCUT2D eigenvalue weighted by Crippen LogP contribution is -2.50. The second-order valence-electron chi connectivity index (χ2n) is 8.46. The average molecular weight is 528 g/mol. The van der Waals surface area contributed by atoms with Crippen molar-refractivity contribution in [2.75, 3.05) is 25.0 Å². The number of carbonyl (C=O) groups is 2. The van der Waals surface area contributed by atoms with Crippen molar-refractivity contribution < 1.29 is 27.1 Å². The highest BCUT2D eigenvalue weighted by molar-refractivity contribution is 7.92. The van der Waals surface area contributed by atoms with Crippen molar-refractivity contribution in [3.63, 3.8) is 0 Å². The summed E-state index contributed by atoms with van der Waals surface area (Å²) < 4.78 is 46.9. The third kappa shape index (κ3) is 6.65. The van der Waals surface area contributed by atoms with Gasteiger partial charge in [0.2, 0.25) is 11.8 Å². The van der Waals surface area contributed by atoms with Crippen LogP contribution in [-0.4, -0.2) is 51.9 Å². The van der Waals surface area contributed by atoms with Gasteiger partial charge in [0.05, 0.1) is 17.7 Å². The maximum atomic E-state index is 13.7. The van der Waals surface area contributed by atoms with Crippen LogP contribution in [0.2, 0.25) is 0 Å². The Morgan fingerprint density at radius 2 is 1.57 bits per heavy atom. The molecule has 0 radical (unpaired) electrons. The van der Waals surface area contributed by atoms with Gasteiger partial charge in [0.1, 0.15) is 24.2 Å². The predicted molar refractivity (Wildman–Crippen MR) is 139 cm³/mol. The fourth-order valence-electron chi connectivity index (χ4n) is 3.69. The Morgan fingerprint density at radius 1 is 0.973 bits per heavy atom. The lowest BCUT2D eigenvalue weighted by molar-refractivity contribution is -0.139. The summed E-state index contributed by atoms with van der Waals surface area (Å²) >= 11 is 0. The minimum absolute atomic E-state index is 0.0652. The summed E-state index contributed by atoms with van der Waals surface area (Å²) in [6.45, 7) is 2.93. The van der Waals surface area contributed by atoms with Crippen LogP contribution in [0.15, 0.2) is 77.7 Å². The first-order chi connectivity index (χ1) is 17.6. The number of rotatable bonds is 10. The van der Waals surface area contributed by atoms with E-state index >= 15 is 0 Å². The van der Waals surface area contributed by atoms with E-state index in [-0.39, 0.29) is 17.1 Å². The maximum absolute atomic E-state index is 13.7. The second kappa shape index (κ2) is 11.9. The minimum Gasteiger partial charge on any atom is -0.497 e. The van der Waals surface area contributed by atoms with Gasteiger partial charge in [-0.15, -0.1) is 0 Å². The fraction of sp³-hybridized carbons (Fsp3) is 0.259. The van der Waals surface area contributed by atoms with Gasteiger partial charge in [-0.3, -0.25) is 13.9 Å². The number of hydrogen-bond acceptors (Lipinski definition) is 5. The van der Waals surface area contributed by atoms with Crippen molar-refractivity contribution in [2.45, 2.75) is 31.3 Å². The summed E-state index contributed by atoms with van der Waals surface area (Å²) in [7, 11) is -1.24. The largest absolute Gasteiger partial charge is 0.497 e. The molecule has 8 nitrogen and oxygen atoms in total. The zero-order valence-electron chi connectivity index (χ0n) is 21.1. The summed E-state index contributed by atoms with van der Waals surface area (Å²) in [6.07, 6.45) is 0. The lowest BCUT2D eigenvalue weighted by atomic mass is 10.1. The smallest absolute Gasteiger partial charge is 0.264 e. The molecular weight excluding hydrogens is 497 g/mol. The number of anilines is 1. The third-order valence-electron chi connectivity index (χ3n) is 5.93. The van der Waals surface area contributed by atoms with Crippen molar-refractivity contribution in [1.82, 2.24) is 10.2 Å². The van der Waals surface area contributed by atoms with Gasteiger partial charge in [0.15, 0.2) is 0 Å². The van der Waals surface area contributed by atoms with E-state index in [0.717, 1.165) is 39.7 Å². The normalized spacial score (nSPS) is 11.9.